The maximum Gasteiger partial charge on any atom is 0.417 e. The van der Waals surface area contributed by atoms with Gasteiger partial charge in [0.25, 0.3) is 0 Å². The number of aromatic amines is 1. The summed E-state index contributed by atoms with van der Waals surface area (Å²) in [6, 6.07) is 3.45. The van der Waals surface area contributed by atoms with Crippen LogP contribution in [0.15, 0.2) is 21.3 Å². The summed E-state index contributed by atoms with van der Waals surface area (Å²) in [6.45, 7) is 0.824. The van der Waals surface area contributed by atoms with E-state index in [-0.39, 0.29) is 6.10 Å². The largest absolute Gasteiger partial charge is 0.417 e. The van der Waals surface area contributed by atoms with Crippen molar-refractivity contribution in [3.8, 4) is 0 Å². The number of nitrogens with one attached hydrogen (secondary N) is 2. The number of nitrogens with two attached hydrogens (primary N) is 1. The van der Waals surface area contributed by atoms with Crippen LogP contribution in [0.4, 0.5) is 11.4 Å². The van der Waals surface area contributed by atoms with Crippen LogP contribution >= 0.6 is 0 Å². The summed E-state index contributed by atoms with van der Waals surface area (Å²) in [7, 11) is 0. The average molecular weight is 277 g/mol. The van der Waals surface area contributed by atoms with Crippen molar-refractivity contribution >= 4 is 22.5 Å². The molecule has 1 aliphatic rings. The Hall–Kier alpha value is -1.95. The number of nitrogen functional groups attached to an aromatic ring is 1. The first-order valence-corrected chi connectivity index (χ1v) is 6.96. The van der Waals surface area contributed by atoms with E-state index in [1.165, 1.54) is 0 Å². The summed E-state index contributed by atoms with van der Waals surface area (Å²) in [5.74, 6) is 0.0784. The lowest BCUT2D eigenvalue weighted by Crippen LogP contribution is -2.23. The van der Waals surface area contributed by atoms with Gasteiger partial charge in [0.05, 0.1) is 23.0 Å². The van der Waals surface area contributed by atoms with E-state index in [0.717, 1.165) is 37.9 Å². The first kappa shape index (κ1) is 13.1. The van der Waals surface area contributed by atoms with Crippen LogP contribution in [0.3, 0.4) is 0 Å². The molecular formula is C14H19N3O3. The van der Waals surface area contributed by atoms with E-state index < -0.39 is 5.76 Å². The molecule has 108 valence electrons. The molecule has 0 unspecified atom stereocenters. The van der Waals surface area contributed by atoms with Gasteiger partial charge in [-0.3, -0.25) is 4.98 Å². The van der Waals surface area contributed by atoms with Gasteiger partial charge in [0.2, 0.25) is 0 Å². The van der Waals surface area contributed by atoms with E-state index in [4.69, 9.17) is 10.2 Å². The Bertz CT molecular complexity index is 653. The normalized spacial score (nSPS) is 23.1. The molecule has 0 spiro atoms. The number of aliphatic hydroxyl groups excluding tert-OH is 1. The maximum atomic E-state index is 11.1. The van der Waals surface area contributed by atoms with E-state index in [0.29, 0.717) is 22.7 Å². The van der Waals surface area contributed by atoms with Gasteiger partial charge >= 0.3 is 5.76 Å². The number of benzene rings is 1. The number of aliphatic hydroxyl groups is 1. The minimum atomic E-state index is -0.474. The van der Waals surface area contributed by atoms with Crippen LogP contribution in [0, 0.1) is 5.92 Å². The highest BCUT2D eigenvalue weighted by molar-refractivity contribution is 5.85. The third-order valence-corrected chi connectivity index (χ3v) is 3.99. The van der Waals surface area contributed by atoms with Crippen LogP contribution in [0.1, 0.15) is 25.7 Å². The highest BCUT2D eigenvalue weighted by Crippen LogP contribution is 2.27. The van der Waals surface area contributed by atoms with E-state index in [1.807, 2.05) is 0 Å². The molecular weight excluding hydrogens is 258 g/mol. The monoisotopic (exact) mass is 277 g/mol. The average Bonchev–Trinajstić information content (AvgIpc) is 2.77. The fourth-order valence-electron chi connectivity index (χ4n) is 2.77. The first-order chi connectivity index (χ1) is 9.61. The molecule has 1 aromatic heterocycles. The number of fused-ring (bicyclic) bond motifs is 1. The fourth-order valence-corrected chi connectivity index (χ4v) is 2.77. The lowest BCUT2D eigenvalue weighted by molar-refractivity contribution is 0.111. The molecule has 1 aromatic carbocycles. The molecule has 0 saturated heterocycles. The number of anilines is 2. The molecule has 0 bridgehead atoms. The van der Waals surface area contributed by atoms with Crippen molar-refractivity contribution in [3.05, 3.63) is 22.7 Å². The number of H-pyrrole nitrogens is 1. The Morgan fingerprint density at radius 2 is 2.10 bits per heavy atom. The second-order valence-electron chi connectivity index (χ2n) is 5.51. The van der Waals surface area contributed by atoms with Crippen LogP contribution in [0.5, 0.6) is 0 Å². The second kappa shape index (κ2) is 5.20. The molecule has 6 nitrogen and oxygen atoms in total. The van der Waals surface area contributed by atoms with Crippen molar-refractivity contribution in [1.82, 2.24) is 4.98 Å². The zero-order valence-electron chi connectivity index (χ0n) is 11.2. The van der Waals surface area contributed by atoms with E-state index in [9.17, 15) is 9.90 Å². The summed E-state index contributed by atoms with van der Waals surface area (Å²) in [4.78, 5) is 13.8. The van der Waals surface area contributed by atoms with Crippen LogP contribution in [-0.2, 0) is 0 Å². The first-order valence-electron chi connectivity index (χ1n) is 6.96. The second-order valence-corrected chi connectivity index (χ2v) is 5.51. The van der Waals surface area contributed by atoms with Gasteiger partial charge in [0.15, 0.2) is 5.58 Å². The zero-order valence-corrected chi connectivity index (χ0v) is 11.2. The molecule has 1 aliphatic carbocycles. The number of aromatic nitrogens is 1. The predicted molar refractivity (Wildman–Crippen MR) is 77.7 cm³/mol. The Kier molecular flexibility index (Phi) is 3.40. The molecule has 0 aliphatic heterocycles. The van der Waals surface area contributed by atoms with Crippen molar-refractivity contribution in [2.24, 2.45) is 5.92 Å². The van der Waals surface area contributed by atoms with Gasteiger partial charge in [-0.25, -0.2) is 4.79 Å². The highest BCUT2D eigenvalue weighted by atomic mass is 16.4. The van der Waals surface area contributed by atoms with Crippen molar-refractivity contribution in [2.75, 3.05) is 17.6 Å². The van der Waals surface area contributed by atoms with Crippen molar-refractivity contribution < 1.29 is 9.52 Å². The summed E-state index contributed by atoms with van der Waals surface area (Å²) >= 11 is 0. The minimum Gasteiger partial charge on any atom is -0.408 e. The van der Waals surface area contributed by atoms with Gasteiger partial charge in [0.1, 0.15) is 0 Å². The Labute approximate surface area is 116 Å². The topological polar surface area (TPSA) is 104 Å². The van der Waals surface area contributed by atoms with Crippen molar-refractivity contribution in [3.63, 3.8) is 0 Å². The maximum absolute atomic E-state index is 11.1. The zero-order chi connectivity index (χ0) is 14.1. The molecule has 2 aromatic rings. The fraction of sp³-hybridized carbons (Fsp3) is 0.500. The molecule has 20 heavy (non-hydrogen) atoms. The van der Waals surface area contributed by atoms with Crippen LogP contribution in [0.25, 0.3) is 11.1 Å². The molecule has 0 atom stereocenters. The van der Waals surface area contributed by atoms with Gasteiger partial charge in [0, 0.05) is 12.6 Å². The number of rotatable bonds is 3. The van der Waals surface area contributed by atoms with Crippen molar-refractivity contribution in [2.45, 2.75) is 31.8 Å². The standard InChI is InChI=1S/C14H19N3O3/c15-10-5-13-12(17-14(19)20-13)6-11(10)16-7-8-1-3-9(18)4-2-8/h5-6,8-9,16,18H,1-4,7,15H2,(H,17,19). The number of oxazole rings is 1. The summed E-state index contributed by atoms with van der Waals surface area (Å²) in [5.41, 5.74) is 8.44. The van der Waals surface area contributed by atoms with Crippen LogP contribution in [-0.4, -0.2) is 22.7 Å². The number of hydrogen-bond donors (Lipinski definition) is 4. The minimum absolute atomic E-state index is 0.135. The Balaban J connectivity index is 1.70. The summed E-state index contributed by atoms with van der Waals surface area (Å²) in [6.07, 6.45) is 3.66. The molecule has 1 fully saturated rings. The van der Waals surface area contributed by atoms with E-state index in [2.05, 4.69) is 10.3 Å². The molecule has 0 amide bonds. The van der Waals surface area contributed by atoms with Gasteiger partial charge in [-0.15, -0.1) is 0 Å². The Morgan fingerprint density at radius 1 is 1.35 bits per heavy atom. The van der Waals surface area contributed by atoms with E-state index >= 15 is 0 Å². The molecule has 1 saturated carbocycles. The molecule has 6 heteroatoms. The quantitative estimate of drug-likeness (QED) is 0.639. The molecule has 3 rings (SSSR count). The van der Waals surface area contributed by atoms with Crippen molar-refractivity contribution in [1.29, 1.82) is 0 Å². The number of hydrogen-bond acceptors (Lipinski definition) is 5. The SMILES string of the molecule is Nc1cc2oc(=O)[nH]c2cc1NCC1CCC(O)CC1. The van der Waals surface area contributed by atoms with Gasteiger partial charge in [-0.2, -0.15) is 0 Å². The molecule has 0 radical (unpaired) electrons. The lowest BCUT2D eigenvalue weighted by atomic mass is 9.87. The lowest BCUT2D eigenvalue weighted by Gasteiger charge is -2.26. The highest BCUT2D eigenvalue weighted by Gasteiger charge is 2.19. The van der Waals surface area contributed by atoms with E-state index in [1.54, 1.807) is 12.1 Å². The van der Waals surface area contributed by atoms with Crippen LogP contribution < -0.4 is 16.8 Å². The van der Waals surface area contributed by atoms with Crippen LogP contribution in [0.2, 0.25) is 0 Å². The summed E-state index contributed by atoms with van der Waals surface area (Å²) in [5, 5.41) is 12.8. The molecule has 1 heterocycles. The van der Waals surface area contributed by atoms with Gasteiger partial charge < -0.3 is 20.6 Å². The van der Waals surface area contributed by atoms with Gasteiger partial charge in [-0.1, -0.05) is 0 Å². The summed E-state index contributed by atoms with van der Waals surface area (Å²) < 4.78 is 4.96. The molecule has 5 N–H and O–H groups in total. The third kappa shape index (κ3) is 2.65. The third-order valence-electron chi connectivity index (χ3n) is 3.99. The predicted octanol–water partition coefficient (Wildman–Crippen LogP) is 1.67. The Morgan fingerprint density at radius 3 is 2.85 bits per heavy atom. The van der Waals surface area contributed by atoms with Gasteiger partial charge in [-0.05, 0) is 37.7 Å². The smallest absolute Gasteiger partial charge is 0.408 e.